The Kier molecular flexibility index (Phi) is 3.57. The highest BCUT2D eigenvalue weighted by Gasteiger charge is 2.54. The third-order valence-electron chi connectivity index (χ3n) is 5.74. The molecule has 4 heterocycles. The van der Waals surface area contributed by atoms with Crippen LogP contribution in [0.2, 0.25) is 5.15 Å². The predicted molar refractivity (Wildman–Crippen MR) is 97.8 cm³/mol. The lowest BCUT2D eigenvalue weighted by Crippen LogP contribution is -2.55. The van der Waals surface area contributed by atoms with E-state index in [9.17, 15) is 9.59 Å². The van der Waals surface area contributed by atoms with Gasteiger partial charge in [0.15, 0.2) is 5.15 Å². The van der Waals surface area contributed by atoms with Gasteiger partial charge in [-0.2, -0.15) is 0 Å². The molecule has 2 saturated carbocycles. The molecule has 3 atom stereocenters. The van der Waals surface area contributed by atoms with Gasteiger partial charge in [0.25, 0.3) is 5.91 Å². The fourth-order valence-corrected chi connectivity index (χ4v) is 4.29. The highest BCUT2D eigenvalue weighted by Crippen LogP contribution is 2.42. The zero-order valence-electron chi connectivity index (χ0n) is 14.1. The maximum atomic E-state index is 12.9. The Morgan fingerprint density at radius 1 is 1.38 bits per heavy atom. The number of fused-ring (bicyclic) bond motifs is 2. The largest absolute Gasteiger partial charge is 0.348 e. The van der Waals surface area contributed by atoms with E-state index in [4.69, 9.17) is 11.6 Å². The molecule has 2 aromatic heterocycles. The first-order valence-corrected chi connectivity index (χ1v) is 9.41. The van der Waals surface area contributed by atoms with Crippen molar-refractivity contribution in [3.05, 3.63) is 41.3 Å². The summed E-state index contributed by atoms with van der Waals surface area (Å²) in [5.41, 5.74) is 1.19. The molecule has 0 radical (unpaired) electrons. The van der Waals surface area contributed by atoms with Crippen LogP contribution in [-0.2, 0) is 4.79 Å². The molecule has 4 aliphatic rings. The first-order chi connectivity index (χ1) is 12.6. The van der Waals surface area contributed by atoms with Crippen molar-refractivity contribution in [2.24, 2.45) is 11.8 Å². The maximum absolute atomic E-state index is 12.9. The highest BCUT2D eigenvalue weighted by atomic mass is 35.5. The Hall–Kier alpha value is -2.34. The van der Waals surface area contributed by atoms with Gasteiger partial charge in [0.05, 0.1) is 17.6 Å². The summed E-state index contributed by atoms with van der Waals surface area (Å²) in [5.74, 6) is 0.835. The lowest BCUT2D eigenvalue weighted by atomic mass is 9.80. The average molecular weight is 371 g/mol. The molecular weight excluding hydrogens is 352 g/mol. The molecule has 2 aromatic rings. The average Bonchev–Trinajstić information content (AvgIpc) is 3.06. The van der Waals surface area contributed by atoms with E-state index < -0.39 is 0 Å². The number of allylic oxidation sites excluding steroid dienone is 1. The fraction of sp³-hybridized carbons (Fsp3) is 0.421. The van der Waals surface area contributed by atoms with E-state index in [1.54, 1.807) is 12.3 Å². The molecule has 2 bridgehead atoms. The zero-order valence-corrected chi connectivity index (χ0v) is 14.9. The Balaban J connectivity index is 1.29. The number of aromatic amines is 1. The van der Waals surface area contributed by atoms with Crippen molar-refractivity contribution in [3.8, 4) is 0 Å². The summed E-state index contributed by atoms with van der Waals surface area (Å²) in [6.07, 6.45) is 8.58. The van der Waals surface area contributed by atoms with Gasteiger partial charge in [-0.1, -0.05) is 17.7 Å². The first-order valence-electron chi connectivity index (χ1n) is 9.03. The number of rotatable bonds is 4. The van der Waals surface area contributed by atoms with Crippen molar-refractivity contribution in [1.82, 2.24) is 20.2 Å². The number of aromatic nitrogens is 2. The molecule has 4 fully saturated rings. The number of nitrogens with zero attached hydrogens (tertiary/aromatic N) is 2. The minimum atomic E-state index is -0.0469. The molecule has 7 heteroatoms. The van der Waals surface area contributed by atoms with E-state index in [0.29, 0.717) is 34.7 Å². The van der Waals surface area contributed by atoms with Gasteiger partial charge < -0.3 is 15.2 Å². The van der Waals surface area contributed by atoms with Crippen LogP contribution in [0.1, 0.15) is 29.8 Å². The number of nitrogens with one attached hydrogen (secondary N) is 2. The van der Waals surface area contributed by atoms with E-state index in [2.05, 4.69) is 15.3 Å². The smallest absolute Gasteiger partial charge is 0.270 e. The Morgan fingerprint density at radius 3 is 3.00 bits per heavy atom. The Labute approximate surface area is 155 Å². The molecule has 0 unspecified atom stereocenters. The number of carbonyl (C=O) groups is 2. The van der Waals surface area contributed by atoms with Crippen LogP contribution in [-0.4, -0.2) is 45.3 Å². The fourth-order valence-electron chi connectivity index (χ4n) is 4.08. The maximum Gasteiger partial charge on any atom is 0.270 e. The summed E-state index contributed by atoms with van der Waals surface area (Å²) in [6.45, 7) is 0.683. The van der Waals surface area contributed by atoms with Crippen LogP contribution in [0, 0.1) is 11.8 Å². The molecule has 2 saturated heterocycles. The third kappa shape index (κ3) is 2.60. The number of amides is 2. The van der Waals surface area contributed by atoms with Crippen LogP contribution in [0.3, 0.4) is 0 Å². The van der Waals surface area contributed by atoms with Gasteiger partial charge >= 0.3 is 0 Å². The van der Waals surface area contributed by atoms with Crippen molar-refractivity contribution < 1.29 is 9.59 Å². The summed E-state index contributed by atoms with van der Waals surface area (Å²) in [4.78, 5) is 34.0. The number of pyridine rings is 1. The monoisotopic (exact) mass is 370 g/mol. The number of hydrogen-bond donors (Lipinski definition) is 2. The van der Waals surface area contributed by atoms with Crippen LogP contribution >= 0.6 is 11.6 Å². The van der Waals surface area contributed by atoms with Crippen LogP contribution < -0.4 is 5.32 Å². The summed E-state index contributed by atoms with van der Waals surface area (Å²) in [6, 6.07) is 3.77. The quantitative estimate of drug-likeness (QED) is 0.641. The minimum absolute atomic E-state index is 0.0463. The van der Waals surface area contributed by atoms with Crippen molar-refractivity contribution in [2.75, 3.05) is 6.54 Å². The minimum Gasteiger partial charge on any atom is -0.348 e. The van der Waals surface area contributed by atoms with Crippen molar-refractivity contribution >= 4 is 34.3 Å². The first kappa shape index (κ1) is 15.9. The second-order valence-electron chi connectivity index (χ2n) is 7.50. The normalized spacial score (nSPS) is 27.1. The number of hydrogen-bond acceptors (Lipinski definition) is 3. The summed E-state index contributed by atoms with van der Waals surface area (Å²) in [7, 11) is 0. The Morgan fingerprint density at radius 2 is 2.23 bits per heavy atom. The lowest BCUT2D eigenvalue weighted by molar-refractivity contribution is -0.118. The van der Waals surface area contributed by atoms with Crippen molar-refractivity contribution in [1.29, 1.82) is 0 Å². The standard InChI is InChI=1S/C19H19ClN4O2/c20-18-17-11(5-6-21-18)7-13(22-17)19(26)24-9-12-8-14(24)16(12)23-15(25)4-3-10-1-2-10/h3-7,10,12,14,16,22H,1-2,8-9H2,(H,23,25)/b4-3+/t12-,14-,16+/m0/s1. The molecule has 2 amide bonds. The molecule has 134 valence electrons. The van der Waals surface area contributed by atoms with Gasteiger partial charge in [-0.3, -0.25) is 9.59 Å². The van der Waals surface area contributed by atoms with Gasteiger partial charge in [0.1, 0.15) is 5.69 Å². The molecule has 2 N–H and O–H groups in total. The van der Waals surface area contributed by atoms with Gasteiger partial charge in [0.2, 0.25) is 5.91 Å². The Bertz CT molecular complexity index is 933. The van der Waals surface area contributed by atoms with E-state index >= 15 is 0 Å². The van der Waals surface area contributed by atoms with Gasteiger partial charge in [-0.05, 0) is 43.4 Å². The molecule has 26 heavy (non-hydrogen) atoms. The third-order valence-corrected chi connectivity index (χ3v) is 6.02. The van der Waals surface area contributed by atoms with Gasteiger partial charge in [0, 0.05) is 24.0 Å². The molecule has 6 nitrogen and oxygen atoms in total. The van der Waals surface area contributed by atoms with Crippen LogP contribution in [0.15, 0.2) is 30.5 Å². The summed E-state index contributed by atoms with van der Waals surface area (Å²) in [5, 5.41) is 4.30. The molecule has 6 rings (SSSR count). The van der Waals surface area contributed by atoms with E-state index in [-0.39, 0.29) is 23.9 Å². The second-order valence-corrected chi connectivity index (χ2v) is 7.86. The molecular formula is C19H19ClN4O2. The van der Waals surface area contributed by atoms with Gasteiger partial charge in [-0.25, -0.2) is 4.98 Å². The van der Waals surface area contributed by atoms with E-state index in [1.807, 2.05) is 23.1 Å². The number of halogens is 1. The van der Waals surface area contributed by atoms with Gasteiger partial charge in [-0.15, -0.1) is 0 Å². The summed E-state index contributed by atoms with van der Waals surface area (Å²) < 4.78 is 0. The van der Waals surface area contributed by atoms with Crippen molar-refractivity contribution in [2.45, 2.75) is 31.3 Å². The molecule has 0 aromatic carbocycles. The summed E-state index contributed by atoms with van der Waals surface area (Å²) >= 11 is 6.09. The predicted octanol–water partition coefficient (Wildman–Crippen LogP) is 2.51. The molecule has 0 spiro atoms. The molecule has 2 aliphatic heterocycles. The zero-order chi connectivity index (χ0) is 17.8. The highest BCUT2D eigenvalue weighted by molar-refractivity contribution is 6.33. The number of H-pyrrole nitrogens is 1. The lowest BCUT2D eigenvalue weighted by Gasteiger charge is -2.36. The molecule has 2 aliphatic carbocycles. The SMILES string of the molecule is O=C(/C=C/C1CC1)N[C@@H]1[C@H]2C[C@@H]1N(C(=O)c1cc3ccnc(Cl)c3[nH]1)C2. The van der Waals surface area contributed by atoms with Crippen LogP contribution in [0.5, 0.6) is 0 Å². The van der Waals surface area contributed by atoms with E-state index in [1.165, 1.54) is 12.8 Å². The number of carbonyl (C=O) groups excluding carboxylic acids is 2. The van der Waals surface area contributed by atoms with Crippen LogP contribution in [0.25, 0.3) is 10.9 Å². The second kappa shape index (κ2) is 5.84. The van der Waals surface area contributed by atoms with Crippen molar-refractivity contribution in [3.63, 3.8) is 0 Å². The van der Waals surface area contributed by atoms with E-state index in [0.717, 1.165) is 11.8 Å². The topological polar surface area (TPSA) is 78.1 Å². The van der Waals surface area contributed by atoms with Crippen LogP contribution in [0.4, 0.5) is 0 Å².